The molecule has 1 aliphatic heterocycles. The predicted molar refractivity (Wildman–Crippen MR) is 108 cm³/mol. The number of hydrogen-bond acceptors (Lipinski definition) is 6. The molecule has 1 aliphatic carbocycles. The van der Waals surface area contributed by atoms with Gasteiger partial charge in [0.2, 0.25) is 5.91 Å². The fourth-order valence-electron chi connectivity index (χ4n) is 3.94. The van der Waals surface area contributed by atoms with E-state index < -0.39 is 0 Å². The molecule has 7 heteroatoms. The first-order chi connectivity index (χ1) is 13.6. The van der Waals surface area contributed by atoms with Gasteiger partial charge in [-0.15, -0.1) is 11.3 Å². The molecule has 0 spiro atoms. The number of aromatic hydroxyl groups is 1. The van der Waals surface area contributed by atoms with Gasteiger partial charge in [-0.2, -0.15) is 5.26 Å². The zero-order valence-electron chi connectivity index (χ0n) is 15.8. The summed E-state index contributed by atoms with van der Waals surface area (Å²) in [6, 6.07) is 8.98. The highest BCUT2D eigenvalue weighted by Crippen LogP contribution is 2.38. The van der Waals surface area contributed by atoms with Crippen LogP contribution in [0.5, 0.6) is 5.75 Å². The summed E-state index contributed by atoms with van der Waals surface area (Å²) in [4.78, 5) is 16.2. The Kier molecular flexibility index (Phi) is 5.36. The van der Waals surface area contributed by atoms with Crippen molar-refractivity contribution in [2.45, 2.75) is 38.3 Å². The summed E-state index contributed by atoms with van der Waals surface area (Å²) >= 11 is 1.54. The summed E-state index contributed by atoms with van der Waals surface area (Å²) in [6.45, 7) is 3.64. The van der Waals surface area contributed by atoms with Crippen LogP contribution >= 0.6 is 11.3 Å². The number of phenols is 1. The quantitative estimate of drug-likeness (QED) is 0.827. The van der Waals surface area contributed by atoms with E-state index in [9.17, 15) is 15.2 Å². The number of benzene rings is 1. The summed E-state index contributed by atoms with van der Waals surface area (Å²) in [5, 5.41) is 22.9. The minimum Gasteiger partial charge on any atom is -0.508 e. The zero-order chi connectivity index (χ0) is 19.7. The number of aryl methyl sites for hydroxylation is 1. The van der Waals surface area contributed by atoms with Crippen LogP contribution in [0.1, 0.15) is 41.0 Å². The lowest BCUT2D eigenvalue weighted by molar-refractivity contribution is -0.124. The van der Waals surface area contributed by atoms with Crippen LogP contribution in [0.25, 0.3) is 0 Å². The summed E-state index contributed by atoms with van der Waals surface area (Å²) in [5.41, 5.74) is 2.65. The molecule has 2 heterocycles. The van der Waals surface area contributed by atoms with Crippen molar-refractivity contribution in [3.63, 3.8) is 0 Å². The monoisotopic (exact) mass is 397 g/mol. The number of morpholine rings is 1. The van der Waals surface area contributed by atoms with Gasteiger partial charge in [-0.3, -0.25) is 9.69 Å². The lowest BCUT2D eigenvalue weighted by atomic mass is 10.1. The largest absolute Gasteiger partial charge is 0.508 e. The van der Waals surface area contributed by atoms with E-state index in [-0.39, 0.29) is 23.8 Å². The van der Waals surface area contributed by atoms with E-state index in [1.807, 2.05) is 13.0 Å². The first-order valence-corrected chi connectivity index (χ1v) is 10.4. The maximum absolute atomic E-state index is 12.9. The average Bonchev–Trinajstić information content (AvgIpc) is 3.28. The fraction of sp³-hybridized carbons (Fsp3) is 0.429. The zero-order valence-corrected chi connectivity index (χ0v) is 16.6. The highest BCUT2D eigenvalue weighted by atomic mass is 32.1. The Labute approximate surface area is 168 Å². The topological polar surface area (TPSA) is 85.6 Å². The lowest BCUT2D eigenvalue weighted by Crippen LogP contribution is -2.48. The molecule has 1 aromatic carbocycles. The maximum Gasteiger partial charge on any atom is 0.242 e. The SMILES string of the molecule is CC(C(=O)Nc1sc2c(c1C#N)CCC2)N1CCOC(c2cccc(O)c2)C1. The molecule has 0 radical (unpaired) electrons. The highest BCUT2D eigenvalue weighted by molar-refractivity contribution is 7.16. The molecule has 146 valence electrons. The Morgan fingerprint density at radius 2 is 2.32 bits per heavy atom. The van der Waals surface area contributed by atoms with Gasteiger partial charge >= 0.3 is 0 Å². The number of carbonyl (C=O) groups is 1. The maximum atomic E-state index is 12.9. The van der Waals surface area contributed by atoms with Crippen LogP contribution in [-0.4, -0.2) is 41.7 Å². The van der Waals surface area contributed by atoms with E-state index in [0.29, 0.717) is 30.3 Å². The number of rotatable bonds is 4. The van der Waals surface area contributed by atoms with Crippen LogP contribution < -0.4 is 5.32 Å². The second-order valence-corrected chi connectivity index (χ2v) is 8.39. The Morgan fingerprint density at radius 3 is 3.11 bits per heavy atom. The van der Waals surface area contributed by atoms with E-state index >= 15 is 0 Å². The van der Waals surface area contributed by atoms with Crippen molar-refractivity contribution >= 4 is 22.2 Å². The molecular weight excluding hydrogens is 374 g/mol. The summed E-state index contributed by atoms with van der Waals surface area (Å²) in [6.07, 6.45) is 2.83. The number of fused-ring (bicyclic) bond motifs is 1. The number of hydrogen-bond donors (Lipinski definition) is 2. The highest BCUT2D eigenvalue weighted by Gasteiger charge is 2.30. The predicted octanol–water partition coefficient (Wildman–Crippen LogP) is 3.21. The molecule has 2 atom stereocenters. The van der Waals surface area contributed by atoms with Crippen molar-refractivity contribution in [3.05, 3.63) is 45.8 Å². The molecule has 1 amide bonds. The van der Waals surface area contributed by atoms with Gasteiger partial charge in [0.15, 0.2) is 0 Å². The number of anilines is 1. The number of amides is 1. The number of carbonyl (C=O) groups excluding carboxylic acids is 1. The van der Waals surface area contributed by atoms with Gasteiger partial charge in [0, 0.05) is 18.0 Å². The molecule has 0 saturated carbocycles. The molecule has 1 aromatic heterocycles. The van der Waals surface area contributed by atoms with Gasteiger partial charge < -0.3 is 15.2 Å². The van der Waals surface area contributed by atoms with Gasteiger partial charge in [0.1, 0.15) is 16.8 Å². The molecule has 2 aliphatic rings. The second-order valence-electron chi connectivity index (χ2n) is 7.29. The van der Waals surface area contributed by atoms with Crippen molar-refractivity contribution in [1.82, 2.24) is 4.90 Å². The molecule has 6 nitrogen and oxygen atoms in total. The van der Waals surface area contributed by atoms with Gasteiger partial charge in [0.05, 0.1) is 24.3 Å². The van der Waals surface area contributed by atoms with Crippen LogP contribution in [0.3, 0.4) is 0 Å². The Bertz CT molecular complexity index is 933. The normalized spacial score (nSPS) is 20.4. The van der Waals surface area contributed by atoms with Crippen molar-refractivity contribution in [1.29, 1.82) is 5.26 Å². The third-order valence-corrected chi connectivity index (χ3v) is 6.74. The van der Waals surface area contributed by atoms with Crippen LogP contribution in [0.4, 0.5) is 5.00 Å². The van der Waals surface area contributed by atoms with E-state index in [0.717, 1.165) is 30.4 Å². The first kappa shape index (κ1) is 18.9. The van der Waals surface area contributed by atoms with Crippen LogP contribution in [0.2, 0.25) is 0 Å². The first-order valence-electron chi connectivity index (χ1n) is 9.57. The standard InChI is InChI=1S/C21H23N3O3S/c1-13(20(26)23-21-17(11-22)16-6-3-7-19(16)28-21)24-8-9-27-18(12-24)14-4-2-5-15(25)10-14/h2,4-5,10,13,18,25H,3,6-9,12H2,1H3,(H,23,26). The van der Waals surface area contributed by atoms with Crippen molar-refractivity contribution in [3.8, 4) is 11.8 Å². The van der Waals surface area contributed by atoms with Crippen LogP contribution in [0, 0.1) is 11.3 Å². The number of ether oxygens (including phenoxy) is 1. The lowest BCUT2D eigenvalue weighted by Gasteiger charge is -2.36. The smallest absolute Gasteiger partial charge is 0.242 e. The fourth-order valence-corrected chi connectivity index (χ4v) is 5.18. The molecule has 1 saturated heterocycles. The molecule has 28 heavy (non-hydrogen) atoms. The average molecular weight is 398 g/mol. The van der Waals surface area contributed by atoms with Crippen molar-refractivity contribution < 1.29 is 14.6 Å². The van der Waals surface area contributed by atoms with Crippen molar-refractivity contribution in [2.24, 2.45) is 0 Å². The third kappa shape index (κ3) is 3.63. The van der Waals surface area contributed by atoms with Gasteiger partial charge in [-0.25, -0.2) is 0 Å². The number of nitrogens with zero attached hydrogens (tertiary/aromatic N) is 2. The summed E-state index contributed by atoms with van der Waals surface area (Å²) in [5.74, 6) is 0.103. The second kappa shape index (κ2) is 7.92. The number of phenolic OH excluding ortho intramolecular Hbond substituents is 1. The molecule has 2 aromatic rings. The Morgan fingerprint density at radius 1 is 1.46 bits per heavy atom. The third-order valence-electron chi connectivity index (χ3n) is 5.54. The van der Waals surface area contributed by atoms with Gasteiger partial charge in [-0.05, 0) is 49.4 Å². The number of thiophene rings is 1. The Hall–Kier alpha value is -2.40. The molecule has 2 N–H and O–H groups in total. The number of nitriles is 1. The molecular formula is C21H23N3O3S. The van der Waals surface area contributed by atoms with Gasteiger partial charge in [-0.1, -0.05) is 12.1 Å². The summed E-state index contributed by atoms with van der Waals surface area (Å²) < 4.78 is 5.85. The van der Waals surface area contributed by atoms with Crippen LogP contribution in [-0.2, 0) is 22.4 Å². The Balaban J connectivity index is 1.45. The van der Waals surface area contributed by atoms with E-state index in [1.165, 1.54) is 16.2 Å². The number of nitrogens with one attached hydrogen (secondary N) is 1. The minimum absolute atomic E-state index is 0.104. The van der Waals surface area contributed by atoms with Gasteiger partial charge in [0.25, 0.3) is 0 Å². The molecule has 1 fully saturated rings. The van der Waals surface area contributed by atoms with E-state index in [4.69, 9.17) is 4.74 Å². The van der Waals surface area contributed by atoms with E-state index in [1.54, 1.807) is 18.2 Å². The molecule has 4 rings (SSSR count). The van der Waals surface area contributed by atoms with Crippen molar-refractivity contribution in [2.75, 3.05) is 25.0 Å². The van der Waals surface area contributed by atoms with E-state index in [2.05, 4.69) is 16.3 Å². The molecule has 0 bridgehead atoms. The minimum atomic E-state index is -0.341. The van der Waals surface area contributed by atoms with Crippen LogP contribution in [0.15, 0.2) is 24.3 Å². The summed E-state index contributed by atoms with van der Waals surface area (Å²) in [7, 11) is 0. The molecule has 2 unspecified atom stereocenters.